The highest BCUT2D eigenvalue weighted by Crippen LogP contribution is 2.26. The Balaban J connectivity index is 1.91. The first-order valence-electron chi connectivity index (χ1n) is 10.3. The Morgan fingerprint density at radius 3 is 2.22 bits per heavy atom. The van der Waals surface area contributed by atoms with Gasteiger partial charge in [-0.3, -0.25) is 9.10 Å². The number of sulfonamides is 1. The van der Waals surface area contributed by atoms with Crippen molar-refractivity contribution in [3.63, 3.8) is 0 Å². The average Bonchev–Trinajstić information content (AvgIpc) is 2.72. The highest BCUT2D eigenvalue weighted by Gasteiger charge is 2.29. The number of hydrogen-bond acceptors (Lipinski definition) is 3. The van der Waals surface area contributed by atoms with Gasteiger partial charge in [-0.25, -0.2) is 12.8 Å². The zero-order valence-electron chi connectivity index (χ0n) is 18.6. The third-order valence-corrected chi connectivity index (χ3v) is 7.06. The van der Waals surface area contributed by atoms with Crippen LogP contribution < -0.4 is 9.62 Å². The van der Waals surface area contributed by atoms with Gasteiger partial charge in [0.05, 0.1) is 16.6 Å². The fraction of sp³-hybridized carbons (Fsp3) is 0.240. The van der Waals surface area contributed by atoms with Crippen LogP contribution in [0.25, 0.3) is 0 Å². The van der Waals surface area contributed by atoms with Crippen LogP contribution >= 0.6 is 0 Å². The van der Waals surface area contributed by atoms with E-state index in [9.17, 15) is 17.6 Å². The Morgan fingerprint density at radius 1 is 0.969 bits per heavy atom. The summed E-state index contributed by atoms with van der Waals surface area (Å²) < 4.78 is 42.1. The van der Waals surface area contributed by atoms with Crippen LogP contribution in [0.2, 0.25) is 0 Å². The number of benzene rings is 3. The Labute approximate surface area is 188 Å². The average molecular weight is 455 g/mol. The van der Waals surface area contributed by atoms with Gasteiger partial charge in [0.15, 0.2) is 0 Å². The molecule has 3 rings (SSSR count). The zero-order valence-corrected chi connectivity index (χ0v) is 19.4. The molecule has 3 aromatic carbocycles. The maximum absolute atomic E-state index is 14.6. The summed E-state index contributed by atoms with van der Waals surface area (Å²) in [7, 11) is -4.17. The van der Waals surface area contributed by atoms with Gasteiger partial charge in [0.25, 0.3) is 10.0 Å². The van der Waals surface area contributed by atoms with Crippen molar-refractivity contribution in [2.24, 2.45) is 0 Å². The maximum atomic E-state index is 14.6. The standard InChI is InChI=1S/C25H27FN2O3S/c1-17-9-12-21(13-10-17)32(30,31)28(24-8-6-5-7-23(24)26)16-25(29)27-20(4)22-14-11-18(2)15-19(22)3/h5-15,20H,16H2,1-4H3,(H,27,29)/t20-/m1/s1. The van der Waals surface area contributed by atoms with E-state index in [0.29, 0.717) is 0 Å². The largest absolute Gasteiger partial charge is 0.348 e. The fourth-order valence-corrected chi connectivity index (χ4v) is 5.03. The Kier molecular flexibility index (Phi) is 6.99. The third kappa shape index (κ3) is 5.16. The van der Waals surface area contributed by atoms with E-state index >= 15 is 0 Å². The molecular weight excluding hydrogens is 427 g/mol. The molecule has 0 aliphatic rings. The van der Waals surface area contributed by atoms with Crippen molar-refractivity contribution in [1.29, 1.82) is 0 Å². The minimum absolute atomic E-state index is 0.0124. The Bertz CT molecular complexity index is 1220. The van der Waals surface area contributed by atoms with Gasteiger partial charge < -0.3 is 5.32 Å². The number of nitrogens with one attached hydrogen (secondary N) is 1. The summed E-state index contributed by atoms with van der Waals surface area (Å²) in [6.45, 7) is 7.07. The van der Waals surface area contributed by atoms with Crippen molar-refractivity contribution >= 4 is 21.6 Å². The first-order valence-corrected chi connectivity index (χ1v) is 11.7. The van der Waals surface area contributed by atoms with Crippen molar-refractivity contribution in [2.75, 3.05) is 10.8 Å². The quantitative estimate of drug-likeness (QED) is 0.556. The van der Waals surface area contributed by atoms with Crippen molar-refractivity contribution < 1.29 is 17.6 Å². The second-order valence-corrected chi connectivity index (χ2v) is 9.79. The van der Waals surface area contributed by atoms with E-state index < -0.39 is 28.3 Å². The number of carbonyl (C=O) groups is 1. The number of carbonyl (C=O) groups excluding carboxylic acids is 1. The molecule has 0 bridgehead atoms. The molecule has 0 spiro atoms. The van der Waals surface area contributed by atoms with Crippen LogP contribution in [0.15, 0.2) is 71.6 Å². The number of amides is 1. The van der Waals surface area contributed by atoms with E-state index in [-0.39, 0.29) is 16.6 Å². The summed E-state index contributed by atoms with van der Waals surface area (Å²) >= 11 is 0. The monoisotopic (exact) mass is 454 g/mol. The number of rotatable bonds is 7. The van der Waals surface area contributed by atoms with Gasteiger partial charge in [0.2, 0.25) is 5.91 Å². The lowest BCUT2D eigenvalue weighted by atomic mass is 10.0. The van der Waals surface area contributed by atoms with E-state index in [1.54, 1.807) is 12.1 Å². The van der Waals surface area contributed by atoms with Gasteiger partial charge in [-0.2, -0.15) is 0 Å². The van der Waals surface area contributed by atoms with Gasteiger partial charge >= 0.3 is 0 Å². The van der Waals surface area contributed by atoms with Gasteiger partial charge in [0, 0.05) is 0 Å². The normalized spacial score (nSPS) is 12.3. The maximum Gasteiger partial charge on any atom is 0.264 e. The molecule has 0 fully saturated rings. The second kappa shape index (κ2) is 9.53. The summed E-state index contributed by atoms with van der Waals surface area (Å²) in [6, 6.07) is 17.3. The van der Waals surface area contributed by atoms with E-state index in [1.165, 1.54) is 36.4 Å². The molecule has 7 heteroatoms. The second-order valence-electron chi connectivity index (χ2n) is 7.93. The number of para-hydroxylation sites is 1. The number of nitrogens with zero attached hydrogens (tertiary/aromatic N) is 1. The lowest BCUT2D eigenvalue weighted by Gasteiger charge is -2.25. The molecule has 1 N–H and O–H groups in total. The van der Waals surface area contributed by atoms with Crippen molar-refractivity contribution in [1.82, 2.24) is 5.32 Å². The number of aryl methyl sites for hydroxylation is 3. The highest BCUT2D eigenvalue weighted by atomic mass is 32.2. The van der Waals surface area contributed by atoms with Gasteiger partial charge in [-0.05, 0) is 63.1 Å². The van der Waals surface area contributed by atoms with Crippen LogP contribution in [0.4, 0.5) is 10.1 Å². The first-order chi connectivity index (χ1) is 15.1. The SMILES string of the molecule is Cc1ccc(S(=O)(=O)N(CC(=O)N[C@H](C)c2ccc(C)cc2C)c2ccccc2F)cc1. The zero-order chi connectivity index (χ0) is 23.5. The van der Waals surface area contributed by atoms with Crippen LogP contribution in [0, 0.1) is 26.6 Å². The molecule has 0 unspecified atom stereocenters. The Hall–Kier alpha value is -3.19. The lowest BCUT2D eigenvalue weighted by Crippen LogP contribution is -2.42. The summed E-state index contributed by atoms with van der Waals surface area (Å²) in [5, 5.41) is 2.84. The summed E-state index contributed by atoms with van der Waals surface area (Å²) in [4.78, 5) is 12.9. The molecule has 0 aromatic heterocycles. The molecule has 168 valence electrons. The smallest absolute Gasteiger partial charge is 0.264 e. The van der Waals surface area contributed by atoms with Crippen molar-refractivity contribution in [2.45, 2.75) is 38.6 Å². The van der Waals surface area contributed by atoms with E-state index in [0.717, 1.165) is 26.6 Å². The van der Waals surface area contributed by atoms with Crippen molar-refractivity contribution in [3.05, 3.63) is 94.8 Å². The minimum Gasteiger partial charge on any atom is -0.348 e. The molecule has 0 aliphatic heterocycles. The molecular formula is C25H27FN2O3S. The summed E-state index contributed by atoms with van der Waals surface area (Å²) in [5.41, 5.74) is 3.78. The van der Waals surface area contributed by atoms with Crippen molar-refractivity contribution in [3.8, 4) is 0 Å². The molecule has 0 radical (unpaired) electrons. The molecule has 1 atom stereocenters. The molecule has 3 aromatic rings. The van der Waals surface area contributed by atoms with Crippen LogP contribution in [-0.2, 0) is 14.8 Å². The lowest BCUT2D eigenvalue weighted by molar-refractivity contribution is -0.120. The molecule has 0 heterocycles. The van der Waals surface area contributed by atoms with Crippen LogP contribution in [0.1, 0.15) is 35.2 Å². The van der Waals surface area contributed by atoms with Crippen LogP contribution in [0.5, 0.6) is 0 Å². The van der Waals surface area contributed by atoms with Gasteiger partial charge in [-0.15, -0.1) is 0 Å². The number of anilines is 1. The number of hydrogen-bond donors (Lipinski definition) is 1. The van der Waals surface area contributed by atoms with Gasteiger partial charge in [0.1, 0.15) is 12.4 Å². The van der Waals surface area contributed by atoms with Gasteiger partial charge in [-0.1, -0.05) is 53.6 Å². The highest BCUT2D eigenvalue weighted by molar-refractivity contribution is 7.92. The van der Waals surface area contributed by atoms with E-state index in [4.69, 9.17) is 0 Å². The summed E-state index contributed by atoms with van der Waals surface area (Å²) in [5.74, 6) is -1.25. The molecule has 32 heavy (non-hydrogen) atoms. The predicted octanol–water partition coefficient (Wildman–Crippen LogP) is 4.82. The molecule has 1 amide bonds. The Morgan fingerprint density at radius 2 is 1.59 bits per heavy atom. The predicted molar refractivity (Wildman–Crippen MR) is 125 cm³/mol. The number of halogens is 1. The molecule has 0 saturated carbocycles. The van der Waals surface area contributed by atoms with E-state index in [1.807, 2.05) is 45.9 Å². The third-order valence-electron chi connectivity index (χ3n) is 5.29. The molecule has 0 aliphatic carbocycles. The van der Waals surface area contributed by atoms with Crippen LogP contribution in [-0.4, -0.2) is 20.9 Å². The molecule has 5 nitrogen and oxygen atoms in total. The minimum atomic E-state index is -4.17. The molecule has 0 saturated heterocycles. The van der Waals surface area contributed by atoms with E-state index in [2.05, 4.69) is 5.32 Å². The summed E-state index contributed by atoms with van der Waals surface area (Å²) in [6.07, 6.45) is 0. The topological polar surface area (TPSA) is 66.5 Å². The first kappa shape index (κ1) is 23.5. The van der Waals surface area contributed by atoms with Crippen LogP contribution in [0.3, 0.4) is 0 Å². The fourth-order valence-electron chi connectivity index (χ4n) is 3.60.